The van der Waals surface area contributed by atoms with Gasteiger partial charge in [0.2, 0.25) is 0 Å². The zero-order valence-corrected chi connectivity index (χ0v) is 10.9. The number of hydrogen-bond acceptors (Lipinski definition) is 3. The summed E-state index contributed by atoms with van der Waals surface area (Å²) in [5, 5.41) is 9.53. The predicted molar refractivity (Wildman–Crippen MR) is 70.1 cm³/mol. The van der Waals surface area contributed by atoms with Gasteiger partial charge < -0.3 is 5.11 Å². The summed E-state index contributed by atoms with van der Waals surface area (Å²) in [6.07, 6.45) is 0. The molecule has 4 nitrogen and oxygen atoms in total. The lowest BCUT2D eigenvalue weighted by Crippen LogP contribution is -2.13. The highest BCUT2D eigenvalue weighted by Crippen LogP contribution is 2.24. The van der Waals surface area contributed by atoms with Crippen LogP contribution in [0.1, 0.15) is 5.56 Å². The number of para-hydroxylation sites is 1. The van der Waals surface area contributed by atoms with Gasteiger partial charge in [-0.3, -0.25) is 4.72 Å². The average Bonchev–Trinajstić information content (AvgIpc) is 2.34. The molecule has 6 heteroatoms. The van der Waals surface area contributed by atoms with Gasteiger partial charge >= 0.3 is 0 Å². The molecule has 19 heavy (non-hydrogen) atoms. The molecule has 2 aromatic rings. The number of hydrogen-bond donors (Lipinski definition) is 2. The fourth-order valence-corrected chi connectivity index (χ4v) is 2.70. The van der Waals surface area contributed by atoms with Crippen molar-refractivity contribution >= 4 is 15.7 Å². The SMILES string of the molecule is Cc1ccc(NS(=O)(=O)c2ccccc2O)cc1F. The molecule has 0 aliphatic carbocycles. The van der Waals surface area contributed by atoms with Gasteiger partial charge in [-0.05, 0) is 36.8 Å². The lowest BCUT2D eigenvalue weighted by molar-refractivity contribution is 0.459. The van der Waals surface area contributed by atoms with Crippen LogP contribution >= 0.6 is 0 Å². The summed E-state index contributed by atoms with van der Waals surface area (Å²) in [4.78, 5) is -0.254. The topological polar surface area (TPSA) is 66.4 Å². The number of rotatable bonds is 3. The van der Waals surface area contributed by atoms with E-state index in [4.69, 9.17) is 0 Å². The van der Waals surface area contributed by atoms with Crippen molar-refractivity contribution in [3.05, 3.63) is 53.8 Å². The summed E-state index contributed by atoms with van der Waals surface area (Å²) in [7, 11) is -3.94. The number of aryl methyl sites for hydroxylation is 1. The van der Waals surface area contributed by atoms with Crippen LogP contribution < -0.4 is 4.72 Å². The van der Waals surface area contributed by atoms with Crippen LogP contribution in [0.2, 0.25) is 0 Å². The minimum atomic E-state index is -3.94. The second-order valence-electron chi connectivity index (χ2n) is 4.04. The monoisotopic (exact) mass is 281 g/mol. The van der Waals surface area contributed by atoms with Gasteiger partial charge in [0.25, 0.3) is 10.0 Å². The molecule has 0 spiro atoms. The molecule has 0 heterocycles. The van der Waals surface area contributed by atoms with Crippen LogP contribution in [0.25, 0.3) is 0 Å². The molecule has 0 bridgehead atoms. The molecule has 100 valence electrons. The van der Waals surface area contributed by atoms with Crippen molar-refractivity contribution in [3.63, 3.8) is 0 Å². The molecule has 0 amide bonds. The zero-order valence-electron chi connectivity index (χ0n) is 10.1. The highest BCUT2D eigenvalue weighted by Gasteiger charge is 2.18. The maximum atomic E-state index is 13.4. The number of benzene rings is 2. The fourth-order valence-electron chi connectivity index (χ4n) is 1.55. The van der Waals surface area contributed by atoms with E-state index in [-0.39, 0.29) is 16.3 Å². The van der Waals surface area contributed by atoms with E-state index in [1.54, 1.807) is 6.92 Å². The van der Waals surface area contributed by atoms with Crippen LogP contribution in [0.4, 0.5) is 10.1 Å². The smallest absolute Gasteiger partial charge is 0.265 e. The quantitative estimate of drug-likeness (QED) is 0.909. The molecule has 2 aromatic carbocycles. The van der Waals surface area contributed by atoms with Crippen LogP contribution in [-0.4, -0.2) is 13.5 Å². The highest BCUT2D eigenvalue weighted by atomic mass is 32.2. The van der Waals surface area contributed by atoms with E-state index in [9.17, 15) is 17.9 Å². The van der Waals surface area contributed by atoms with Crippen molar-refractivity contribution in [2.45, 2.75) is 11.8 Å². The van der Waals surface area contributed by atoms with E-state index in [0.29, 0.717) is 5.56 Å². The van der Waals surface area contributed by atoms with E-state index in [0.717, 1.165) is 6.07 Å². The highest BCUT2D eigenvalue weighted by molar-refractivity contribution is 7.92. The first-order chi connectivity index (χ1) is 8.90. The number of phenolic OH excluding ortho intramolecular Hbond substituents is 1. The normalized spacial score (nSPS) is 11.3. The molecule has 0 aliphatic heterocycles. The Labute approximate surface area is 110 Å². The van der Waals surface area contributed by atoms with Crippen LogP contribution in [0.5, 0.6) is 5.75 Å². The van der Waals surface area contributed by atoms with E-state index in [1.807, 2.05) is 0 Å². The van der Waals surface area contributed by atoms with Crippen LogP contribution in [-0.2, 0) is 10.0 Å². The van der Waals surface area contributed by atoms with Crippen molar-refractivity contribution in [2.24, 2.45) is 0 Å². The Kier molecular flexibility index (Phi) is 3.44. The molecule has 2 rings (SSSR count). The summed E-state index contributed by atoms with van der Waals surface area (Å²) in [6.45, 7) is 1.58. The van der Waals surface area contributed by atoms with Crippen molar-refractivity contribution in [1.29, 1.82) is 0 Å². The minimum Gasteiger partial charge on any atom is -0.507 e. The molecular weight excluding hydrogens is 269 g/mol. The standard InChI is InChI=1S/C13H12FNO3S/c1-9-6-7-10(8-11(9)14)15-19(17,18)13-5-3-2-4-12(13)16/h2-8,15-16H,1H3. The summed E-state index contributed by atoms with van der Waals surface area (Å²) in [5.41, 5.74) is 0.525. The fraction of sp³-hybridized carbons (Fsp3) is 0.0769. The maximum Gasteiger partial charge on any atom is 0.265 e. The Balaban J connectivity index is 2.37. The van der Waals surface area contributed by atoms with Crippen LogP contribution in [0, 0.1) is 12.7 Å². The molecule has 0 atom stereocenters. The third-order valence-corrected chi connectivity index (χ3v) is 4.01. The number of anilines is 1. The first-order valence-electron chi connectivity index (χ1n) is 5.47. The summed E-state index contributed by atoms with van der Waals surface area (Å²) in [6, 6.07) is 9.55. The molecule has 0 aliphatic rings. The van der Waals surface area contributed by atoms with Crippen molar-refractivity contribution in [2.75, 3.05) is 4.72 Å². The average molecular weight is 281 g/mol. The Morgan fingerprint density at radius 1 is 1.16 bits per heavy atom. The molecule has 0 aromatic heterocycles. The Morgan fingerprint density at radius 2 is 1.84 bits per heavy atom. The molecule has 0 unspecified atom stereocenters. The van der Waals surface area contributed by atoms with Gasteiger partial charge in [-0.1, -0.05) is 18.2 Å². The maximum absolute atomic E-state index is 13.4. The van der Waals surface area contributed by atoms with E-state index in [2.05, 4.69) is 4.72 Å². The van der Waals surface area contributed by atoms with Crippen LogP contribution in [0.15, 0.2) is 47.4 Å². The van der Waals surface area contributed by atoms with Gasteiger partial charge in [0, 0.05) is 0 Å². The second kappa shape index (κ2) is 4.89. The van der Waals surface area contributed by atoms with Crippen molar-refractivity contribution in [1.82, 2.24) is 0 Å². The molecule has 2 N–H and O–H groups in total. The number of halogens is 1. The van der Waals surface area contributed by atoms with Gasteiger partial charge in [-0.15, -0.1) is 0 Å². The summed E-state index contributed by atoms with van der Waals surface area (Å²) < 4.78 is 39.6. The lowest BCUT2D eigenvalue weighted by Gasteiger charge is -2.09. The number of phenols is 1. The number of nitrogens with one attached hydrogen (secondary N) is 1. The van der Waals surface area contributed by atoms with Crippen molar-refractivity contribution in [3.8, 4) is 5.75 Å². The first kappa shape index (κ1) is 13.4. The molecule has 0 saturated heterocycles. The van der Waals surface area contributed by atoms with Crippen molar-refractivity contribution < 1.29 is 17.9 Å². The van der Waals surface area contributed by atoms with Gasteiger partial charge in [0.15, 0.2) is 0 Å². The first-order valence-corrected chi connectivity index (χ1v) is 6.95. The van der Waals surface area contributed by atoms with Gasteiger partial charge in [-0.2, -0.15) is 0 Å². The summed E-state index contributed by atoms with van der Waals surface area (Å²) >= 11 is 0. The van der Waals surface area contributed by atoms with E-state index >= 15 is 0 Å². The third-order valence-electron chi connectivity index (χ3n) is 2.58. The van der Waals surface area contributed by atoms with E-state index < -0.39 is 15.8 Å². The Bertz CT molecular complexity index is 714. The zero-order chi connectivity index (χ0) is 14.0. The van der Waals surface area contributed by atoms with Gasteiger partial charge in [0.05, 0.1) is 5.69 Å². The molecular formula is C13H12FNO3S. The summed E-state index contributed by atoms with van der Waals surface area (Å²) in [5.74, 6) is -0.861. The predicted octanol–water partition coefficient (Wildman–Crippen LogP) is 2.64. The molecule has 0 radical (unpaired) electrons. The second-order valence-corrected chi connectivity index (χ2v) is 5.69. The van der Waals surface area contributed by atoms with Gasteiger partial charge in [-0.25, -0.2) is 12.8 Å². The Hall–Kier alpha value is -2.08. The number of aromatic hydroxyl groups is 1. The van der Waals surface area contributed by atoms with Crippen LogP contribution in [0.3, 0.4) is 0 Å². The number of sulfonamides is 1. The van der Waals surface area contributed by atoms with Gasteiger partial charge in [0.1, 0.15) is 16.5 Å². The minimum absolute atomic E-state index is 0.103. The third kappa shape index (κ3) is 2.85. The largest absolute Gasteiger partial charge is 0.507 e. The molecule has 0 fully saturated rings. The lowest BCUT2D eigenvalue weighted by atomic mass is 10.2. The van der Waals surface area contributed by atoms with E-state index in [1.165, 1.54) is 36.4 Å². The Morgan fingerprint density at radius 3 is 2.47 bits per heavy atom. The molecule has 0 saturated carbocycles.